The van der Waals surface area contributed by atoms with Gasteiger partial charge >= 0.3 is 0 Å². The summed E-state index contributed by atoms with van der Waals surface area (Å²) in [6.45, 7) is 3.13. The van der Waals surface area contributed by atoms with E-state index in [4.69, 9.17) is 5.73 Å². The second kappa shape index (κ2) is 5.65. The summed E-state index contributed by atoms with van der Waals surface area (Å²) in [5.74, 6) is -0.919. The van der Waals surface area contributed by atoms with Crippen molar-refractivity contribution in [2.75, 3.05) is 18.0 Å². The Bertz CT molecular complexity index is 393. The highest BCUT2D eigenvalue weighted by molar-refractivity contribution is 5.52. The fraction of sp³-hybridized carbons (Fsp3) is 0.571. The molecule has 0 saturated heterocycles. The van der Waals surface area contributed by atoms with E-state index < -0.39 is 11.6 Å². The second-order valence-corrected chi connectivity index (χ2v) is 4.87. The lowest BCUT2D eigenvalue weighted by molar-refractivity contribution is 0.564. The van der Waals surface area contributed by atoms with Crippen LogP contribution in [-0.4, -0.2) is 19.1 Å². The molecule has 0 unspecified atom stereocenters. The number of nitrogens with zero attached hydrogens (tertiary/aromatic N) is 1. The Kier molecular flexibility index (Phi) is 4.17. The van der Waals surface area contributed by atoms with Crippen LogP contribution in [0, 0.1) is 11.6 Å². The SMILES string of the molecule is CCCN(c1c(F)cc(CCN)cc1F)C1CC1. The van der Waals surface area contributed by atoms with E-state index in [1.807, 2.05) is 11.8 Å². The normalized spacial score (nSPS) is 14.9. The van der Waals surface area contributed by atoms with Crippen molar-refractivity contribution >= 4 is 5.69 Å². The van der Waals surface area contributed by atoms with E-state index in [0.717, 1.165) is 19.3 Å². The van der Waals surface area contributed by atoms with Gasteiger partial charge in [-0.2, -0.15) is 0 Å². The lowest BCUT2D eigenvalue weighted by Crippen LogP contribution is -2.28. The molecule has 2 N–H and O–H groups in total. The first kappa shape index (κ1) is 13.3. The summed E-state index contributed by atoms with van der Waals surface area (Å²) in [6.07, 6.45) is 3.46. The highest BCUT2D eigenvalue weighted by atomic mass is 19.1. The average molecular weight is 254 g/mol. The molecule has 1 fully saturated rings. The van der Waals surface area contributed by atoms with Gasteiger partial charge in [-0.15, -0.1) is 0 Å². The molecule has 1 aliphatic carbocycles. The van der Waals surface area contributed by atoms with Gasteiger partial charge in [0.25, 0.3) is 0 Å². The standard InChI is InChI=1S/C14H20F2N2/c1-2-7-18(11-3-4-11)14-12(15)8-10(5-6-17)9-13(14)16/h8-9,11H,2-7,17H2,1H3. The van der Waals surface area contributed by atoms with Crippen molar-refractivity contribution in [2.45, 2.75) is 38.6 Å². The van der Waals surface area contributed by atoms with Gasteiger partial charge in [0, 0.05) is 12.6 Å². The molecule has 2 rings (SSSR count). The highest BCUT2D eigenvalue weighted by Crippen LogP contribution is 2.35. The molecule has 0 spiro atoms. The smallest absolute Gasteiger partial charge is 0.149 e. The number of anilines is 1. The number of hydrogen-bond acceptors (Lipinski definition) is 2. The van der Waals surface area contributed by atoms with Gasteiger partial charge < -0.3 is 10.6 Å². The molecule has 0 bridgehead atoms. The number of benzene rings is 1. The summed E-state index contributed by atoms with van der Waals surface area (Å²) in [4.78, 5) is 1.87. The number of nitrogens with two attached hydrogens (primary N) is 1. The van der Waals surface area contributed by atoms with Gasteiger partial charge in [0.05, 0.1) is 0 Å². The zero-order valence-corrected chi connectivity index (χ0v) is 10.8. The average Bonchev–Trinajstić information content (AvgIpc) is 3.11. The van der Waals surface area contributed by atoms with Crippen LogP contribution < -0.4 is 10.6 Å². The van der Waals surface area contributed by atoms with Crippen LogP contribution in [0.3, 0.4) is 0 Å². The molecular weight excluding hydrogens is 234 g/mol. The van der Waals surface area contributed by atoms with E-state index in [1.165, 1.54) is 12.1 Å². The lowest BCUT2D eigenvalue weighted by Gasteiger charge is -2.25. The maximum absolute atomic E-state index is 14.1. The molecular formula is C14H20F2N2. The molecule has 0 heterocycles. The van der Waals surface area contributed by atoms with Gasteiger partial charge in [0.2, 0.25) is 0 Å². The number of halogens is 2. The van der Waals surface area contributed by atoms with Crippen LogP contribution in [0.5, 0.6) is 0 Å². The van der Waals surface area contributed by atoms with E-state index in [-0.39, 0.29) is 5.69 Å². The van der Waals surface area contributed by atoms with E-state index in [2.05, 4.69) is 0 Å². The Balaban J connectivity index is 2.30. The molecule has 1 aliphatic rings. The van der Waals surface area contributed by atoms with Gasteiger partial charge in [-0.1, -0.05) is 6.92 Å². The molecule has 0 radical (unpaired) electrons. The van der Waals surface area contributed by atoms with Crippen molar-refractivity contribution < 1.29 is 8.78 Å². The Morgan fingerprint density at radius 3 is 2.33 bits per heavy atom. The minimum Gasteiger partial charge on any atom is -0.364 e. The van der Waals surface area contributed by atoms with E-state index in [1.54, 1.807) is 0 Å². The predicted molar refractivity (Wildman–Crippen MR) is 69.8 cm³/mol. The van der Waals surface area contributed by atoms with Crippen molar-refractivity contribution in [1.29, 1.82) is 0 Å². The van der Waals surface area contributed by atoms with Crippen molar-refractivity contribution in [1.82, 2.24) is 0 Å². The molecule has 0 aliphatic heterocycles. The van der Waals surface area contributed by atoms with Crippen molar-refractivity contribution in [3.8, 4) is 0 Å². The summed E-state index contributed by atoms with van der Waals surface area (Å²) < 4.78 is 28.1. The quantitative estimate of drug-likeness (QED) is 0.845. The van der Waals surface area contributed by atoms with Gasteiger partial charge in [0.15, 0.2) is 0 Å². The first-order valence-electron chi connectivity index (χ1n) is 6.62. The molecule has 1 saturated carbocycles. The van der Waals surface area contributed by atoms with E-state index >= 15 is 0 Å². The maximum Gasteiger partial charge on any atom is 0.149 e. The van der Waals surface area contributed by atoms with Crippen LogP contribution in [-0.2, 0) is 6.42 Å². The molecule has 0 amide bonds. The minimum absolute atomic E-state index is 0.139. The molecule has 0 atom stereocenters. The van der Waals surface area contributed by atoms with Crippen LogP contribution in [0.1, 0.15) is 31.7 Å². The molecule has 1 aromatic carbocycles. The summed E-state index contributed by atoms with van der Waals surface area (Å²) >= 11 is 0. The Hall–Kier alpha value is -1.16. The lowest BCUT2D eigenvalue weighted by atomic mass is 10.1. The zero-order chi connectivity index (χ0) is 13.1. The monoisotopic (exact) mass is 254 g/mol. The van der Waals surface area contributed by atoms with Gasteiger partial charge in [-0.3, -0.25) is 0 Å². The van der Waals surface area contributed by atoms with Gasteiger partial charge in [-0.05, 0) is 49.9 Å². The third-order valence-electron chi connectivity index (χ3n) is 3.25. The summed E-state index contributed by atoms with van der Waals surface area (Å²) in [5.41, 5.74) is 6.18. The van der Waals surface area contributed by atoms with Crippen molar-refractivity contribution in [2.24, 2.45) is 5.73 Å². The number of hydrogen-bond donors (Lipinski definition) is 1. The van der Waals surface area contributed by atoms with Crippen LogP contribution in [0.25, 0.3) is 0 Å². The van der Waals surface area contributed by atoms with Crippen LogP contribution in [0.4, 0.5) is 14.5 Å². The topological polar surface area (TPSA) is 29.3 Å². The fourth-order valence-electron chi connectivity index (χ4n) is 2.31. The maximum atomic E-state index is 14.1. The summed E-state index contributed by atoms with van der Waals surface area (Å²) in [7, 11) is 0. The zero-order valence-electron chi connectivity index (χ0n) is 10.8. The van der Waals surface area contributed by atoms with Crippen LogP contribution in [0.2, 0.25) is 0 Å². The largest absolute Gasteiger partial charge is 0.364 e. The van der Waals surface area contributed by atoms with Crippen molar-refractivity contribution in [3.05, 3.63) is 29.3 Å². The van der Waals surface area contributed by atoms with Crippen LogP contribution in [0.15, 0.2) is 12.1 Å². The van der Waals surface area contributed by atoms with Gasteiger partial charge in [0.1, 0.15) is 17.3 Å². The first-order chi connectivity index (χ1) is 8.67. The molecule has 100 valence electrons. The Labute approximate surface area is 107 Å². The van der Waals surface area contributed by atoms with Crippen molar-refractivity contribution in [3.63, 3.8) is 0 Å². The molecule has 2 nitrogen and oxygen atoms in total. The first-order valence-corrected chi connectivity index (χ1v) is 6.62. The fourth-order valence-corrected chi connectivity index (χ4v) is 2.31. The molecule has 1 aromatic rings. The molecule has 4 heteroatoms. The highest BCUT2D eigenvalue weighted by Gasteiger charge is 2.32. The van der Waals surface area contributed by atoms with Gasteiger partial charge in [-0.25, -0.2) is 8.78 Å². The predicted octanol–water partition coefficient (Wildman–Crippen LogP) is 2.84. The third kappa shape index (κ3) is 2.80. The minimum atomic E-state index is -0.459. The van der Waals surface area contributed by atoms with E-state index in [9.17, 15) is 8.78 Å². The second-order valence-electron chi connectivity index (χ2n) is 4.87. The Morgan fingerprint density at radius 2 is 1.89 bits per heavy atom. The van der Waals surface area contributed by atoms with Crippen LogP contribution >= 0.6 is 0 Å². The summed E-state index contributed by atoms with van der Waals surface area (Å²) in [6, 6.07) is 3.14. The number of rotatable bonds is 6. The molecule has 18 heavy (non-hydrogen) atoms. The molecule has 0 aromatic heterocycles. The Morgan fingerprint density at radius 1 is 1.28 bits per heavy atom. The van der Waals surface area contributed by atoms with E-state index in [0.29, 0.717) is 31.1 Å². The third-order valence-corrected chi connectivity index (χ3v) is 3.25. The summed E-state index contributed by atoms with van der Waals surface area (Å²) in [5, 5.41) is 0.